The van der Waals surface area contributed by atoms with Crippen molar-refractivity contribution in [1.82, 2.24) is 0 Å². The van der Waals surface area contributed by atoms with Gasteiger partial charge >= 0.3 is 5.97 Å². The Morgan fingerprint density at radius 1 is 1.25 bits per heavy atom. The Bertz CT molecular complexity index is 446. The molecule has 20 heavy (non-hydrogen) atoms. The number of rotatable bonds is 5. The van der Waals surface area contributed by atoms with Crippen LogP contribution in [-0.4, -0.2) is 31.0 Å². The molecule has 1 aliphatic heterocycles. The fraction of sp³-hybridized carbons (Fsp3) is 0.933. The van der Waals surface area contributed by atoms with Crippen LogP contribution < -0.4 is 0 Å². The minimum absolute atomic E-state index is 0.0823. The summed E-state index contributed by atoms with van der Waals surface area (Å²) in [5.74, 6) is -0.0451. The molecule has 5 heteroatoms. The zero-order chi connectivity index (χ0) is 14.8. The van der Waals surface area contributed by atoms with Crippen molar-refractivity contribution in [2.75, 3.05) is 11.5 Å². The molecule has 1 aliphatic carbocycles. The van der Waals surface area contributed by atoms with Gasteiger partial charge in [-0.25, -0.2) is 8.42 Å². The standard InChI is InChI=1S/C15H26O4S/c1-2-3-4-12-5-8-15(9-6-12,14(16)17)13-7-10-20(18,19)11-13/h12-13H,2-11H2,1H3,(H,16,17). The first kappa shape index (κ1) is 15.8. The highest BCUT2D eigenvalue weighted by Gasteiger charge is 2.51. The van der Waals surface area contributed by atoms with Crippen LogP contribution >= 0.6 is 0 Å². The lowest BCUT2D eigenvalue weighted by molar-refractivity contribution is -0.155. The minimum atomic E-state index is -3.01. The maximum Gasteiger partial charge on any atom is 0.309 e. The third-order valence-electron chi connectivity index (χ3n) is 5.40. The number of hydrogen-bond acceptors (Lipinski definition) is 3. The fourth-order valence-electron chi connectivity index (χ4n) is 4.00. The molecule has 0 amide bonds. The van der Waals surface area contributed by atoms with Gasteiger partial charge in [0, 0.05) is 0 Å². The zero-order valence-corrected chi connectivity index (χ0v) is 13.1. The average molecular weight is 302 g/mol. The van der Waals surface area contributed by atoms with Crippen molar-refractivity contribution < 1.29 is 18.3 Å². The van der Waals surface area contributed by atoms with Crippen molar-refractivity contribution >= 4 is 15.8 Å². The number of aliphatic carboxylic acids is 1. The van der Waals surface area contributed by atoms with Crippen molar-refractivity contribution in [2.24, 2.45) is 17.3 Å². The molecule has 1 N–H and O–H groups in total. The molecule has 0 aromatic carbocycles. The molecule has 1 heterocycles. The molecule has 0 spiro atoms. The molecule has 1 atom stereocenters. The van der Waals surface area contributed by atoms with Crippen LogP contribution in [0.1, 0.15) is 58.3 Å². The second kappa shape index (κ2) is 6.04. The normalized spacial score (nSPS) is 36.9. The van der Waals surface area contributed by atoms with Crippen molar-refractivity contribution in [3.63, 3.8) is 0 Å². The van der Waals surface area contributed by atoms with Gasteiger partial charge in [0.25, 0.3) is 0 Å². The van der Waals surface area contributed by atoms with Gasteiger partial charge < -0.3 is 5.11 Å². The molecule has 2 rings (SSSR count). The molecule has 1 unspecified atom stereocenters. The van der Waals surface area contributed by atoms with Crippen LogP contribution in [0.25, 0.3) is 0 Å². The predicted octanol–water partition coefficient (Wildman–Crippen LogP) is 2.87. The Labute approximate surface area is 121 Å². The van der Waals surface area contributed by atoms with Gasteiger partial charge in [-0.3, -0.25) is 4.79 Å². The molecule has 1 saturated carbocycles. The number of sulfone groups is 1. The van der Waals surface area contributed by atoms with Gasteiger partial charge in [-0.2, -0.15) is 0 Å². The van der Waals surface area contributed by atoms with Gasteiger partial charge in [-0.15, -0.1) is 0 Å². The van der Waals surface area contributed by atoms with E-state index in [0.29, 0.717) is 25.2 Å². The molecule has 116 valence electrons. The highest BCUT2D eigenvalue weighted by atomic mass is 32.2. The summed E-state index contributed by atoms with van der Waals surface area (Å²) >= 11 is 0. The van der Waals surface area contributed by atoms with Crippen LogP contribution in [0.5, 0.6) is 0 Å². The largest absolute Gasteiger partial charge is 0.481 e. The van der Waals surface area contributed by atoms with E-state index in [-0.39, 0.29) is 17.4 Å². The van der Waals surface area contributed by atoms with E-state index in [2.05, 4.69) is 6.92 Å². The Morgan fingerprint density at radius 2 is 1.90 bits per heavy atom. The van der Waals surface area contributed by atoms with E-state index in [9.17, 15) is 18.3 Å². The smallest absolute Gasteiger partial charge is 0.309 e. The van der Waals surface area contributed by atoms with E-state index in [0.717, 1.165) is 12.8 Å². The van der Waals surface area contributed by atoms with Crippen LogP contribution in [0.2, 0.25) is 0 Å². The predicted molar refractivity (Wildman–Crippen MR) is 78.3 cm³/mol. The summed E-state index contributed by atoms with van der Waals surface area (Å²) in [5, 5.41) is 9.69. The van der Waals surface area contributed by atoms with Crippen molar-refractivity contribution in [2.45, 2.75) is 58.3 Å². The van der Waals surface area contributed by atoms with Gasteiger partial charge in [-0.05, 0) is 43.9 Å². The van der Waals surface area contributed by atoms with Crippen LogP contribution in [-0.2, 0) is 14.6 Å². The van der Waals surface area contributed by atoms with Crippen LogP contribution in [0, 0.1) is 17.3 Å². The molecule has 2 aliphatic rings. The maximum atomic E-state index is 11.8. The lowest BCUT2D eigenvalue weighted by atomic mass is 9.63. The average Bonchev–Trinajstić information content (AvgIpc) is 2.77. The van der Waals surface area contributed by atoms with Crippen LogP contribution in [0.4, 0.5) is 0 Å². The van der Waals surface area contributed by atoms with Crippen molar-refractivity contribution in [3.8, 4) is 0 Å². The minimum Gasteiger partial charge on any atom is -0.481 e. The monoisotopic (exact) mass is 302 g/mol. The number of carboxylic acids is 1. The van der Waals surface area contributed by atoms with Gasteiger partial charge in [0.1, 0.15) is 0 Å². The summed E-state index contributed by atoms with van der Waals surface area (Å²) in [7, 11) is -3.01. The van der Waals surface area contributed by atoms with Gasteiger partial charge in [0.2, 0.25) is 0 Å². The first-order valence-corrected chi connectivity index (χ1v) is 9.65. The second-order valence-corrected chi connectivity index (χ2v) is 8.88. The third kappa shape index (κ3) is 3.18. The summed E-state index contributed by atoms with van der Waals surface area (Å²) in [6.07, 6.45) is 7.34. The van der Waals surface area contributed by atoms with Gasteiger partial charge in [0.15, 0.2) is 9.84 Å². The Morgan fingerprint density at radius 3 is 2.35 bits per heavy atom. The topological polar surface area (TPSA) is 71.4 Å². The van der Waals surface area contributed by atoms with E-state index in [1.165, 1.54) is 19.3 Å². The Kier molecular flexibility index (Phi) is 4.77. The SMILES string of the molecule is CCCCC1CCC(C(=O)O)(C2CCS(=O)(=O)C2)CC1. The molecule has 0 radical (unpaired) electrons. The third-order valence-corrected chi connectivity index (χ3v) is 7.17. The van der Waals surface area contributed by atoms with E-state index in [1.807, 2.05) is 0 Å². The van der Waals surface area contributed by atoms with Crippen LogP contribution in [0.3, 0.4) is 0 Å². The number of carboxylic acid groups (broad SMARTS) is 1. The zero-order valence-electron chi connectivity index (χ0n) is 12.3. The summed E-state index contributed by atoms with van der Waals surface area (Å²) < 4.78 is 23.3. The summed E-state index contributed by atoms with van der Waals surface area (Å²) in [6, 6.07) is 0. The molecule has 4 nitrogen and oxygen atoms in total. The van der Waals surface area contributed by atoms with E-state index >= 15 is 0 Å². The van der Waals surface area contributed by atoms with Gasteiger partial charge in [-0.1, -0.05) is 26.2 Å². The molecular formula is C15H26O4S. The highest BCUT2D eigenvalue weighted by molar-refractivity contribution is 7.91. The quantitative estimate of drug-likeness (QED) is 0.847. The number of hydrogen-bond donors (Lipinski definition) is 1. The maximum absolute atomic E-state index is 11.8. The molecule has 1 saturated heterocycles. The van der Waals surface area contributed by atoms with E-state index in [4.69, 9.17) is 0 Å². The summed E-state index contributed by atoms with van der Waals surface area (Å²) in [4.78, 5) is 11.8. The van der Waals surface area contributed by atoms with E-state index < -0.39 is 21.2 Å². The molecule has 0 aromatic heterocycles. The second-order valence-electron chi connectivity index (χ2n) is 6.65. The molecule has 0 bridgehead atoms. The summed E-state index contributed by atoms with van der Waals surface area (Å²) in [6.45, 7) is 2.17. The lowest BCUT2D eigenvalue weighted by Crippen LogP contribution is -2.42. The fourth-order valence-corrected chi connectivity index (χ4v) is 5.91. The Hall–Kier alpha value is -0.580. The Balaban J connectivity index is 2.04. The number of unbranched alkanes of at least 4 members (excludes halogenated alkanes) is 1. The summed E-state index contributed by atoms with van der Waals surface area (Å²) in [5.41, 5.74) is -0.772. The molecule has 2 fully saturated rings. The van der Waals surface area contributed by atoms with Crippen LogP contribution in [0.15, 0.2) is 0 Å². The van der Waals surface area contributed by atoms with Crippen molar-refractivity contribution in [1.29, 1.82) is 0 Å². The molecule has 0 aromatic rings. The first-order chi connectivity index (χ1) is 9.39. The first-order valence-electron chi connectivity index (χ1n) is 7.83. The lowest BCUT2D eigenvalue weighted by Gasteiger charge is -2.40. The van der Waals surface area contributed by atoms with Crippen molar-refractivity contribution in [3.05, 3.63) is 0 Å². The number of carbonyl (C=O) groups is 1. The molecular weight excluding hydrogens is 276 g/mol. The van der Waals surface area contributed by atoms with E-state index in [1.54, 1.807) is 0 Å². The highest BCUT2D eigenvalue weighted by Crippen LogP contribution is 2.49. The van der Waals surface area contributed by atoms with Gasteiger partial charge in [0.05, 0.1) is 16.9 Å².